The molecular formula is C7H12O5S. The van der Waals surface area contributed by atoms with Crippen molar-refractivity contribution in [3.8, 4) is 0 Å². The van der Waals surface area contributed by atoms with E-state index >= 15 is 0 Å². The average Bonchev–Trinajstić information content (AvgIpc) is 2.01. The highest BCUT2D eigenvalue weighted by Crippen LogP contribution is 1.94. The fourth-order valence-electron chi connectivity index (χ4n) is 0.663. The average molecular weight is 208 g/mol. The quantitative estimate of drug-likeness (QED) is 0.381. The van der Waals surface area contributed by atoms with Gasteiger partial charge in [0.2, 0.25) is 0 Å². The van der Waals surface area contributed by atoms with Crippen molar-refractivity contribution in [3.05, 3.63) is 0 Å². The van der Waals surface area contributed by atoms with E-state index in [1.807, 2.05) is 0 Å². The maximum Gasteiger partial charge on any atom is 0.313 e. The summed E-state index contributed by atoms with van der Waals surface area (Å²) in [6.07, 6.45) is -0.382. The molecule has 0 saturated heterocycles. The van der Waals surface area contributed by atoms with Gasteiger partial charge in [-0.05, 0) is 6.92 Å². The van der Waals surface area contributed by atoms with Crippen LogP contribution in [0.5, 0.6) is 0 Å². The molecule has 0 aromatic heterocycles. The van der Waals surface area contributed by atoms with Crippen LogP contribution < -0.4 is 0 Å². The normalized spacial score (nSPS) is 12.2. The van der Waals surface area contributed by atoms with Crippen LogP contribution in [0, 0.1) is 0 Å². The van der Waals surface area contributed by atoms with Gasteiger partial charge in [-0.15, -0.1) is 0 Å². The van der Waals surface area contributed by atoms with Crippen molar-refractivity contribution < 1.29 is 23.1 Å². The summed E-state index contributed by atoms with van der Waals surface area (Å²) in [7, 11) is 0. The molecule has 0 aliphatic heterocycles. The number of esters is 1. The summed E-state index contributed by atoms with van der Waals surface area (Å²) >= 11 is -1.98. The Kier molecular flexibility index (Phi) is 6.34. The molecule has 1 N–H and O–H groups in total. The van der Waals surface area contributed by atoms with Crippen molar-refractivity contribution in [2.45, 2.75) is 19.8 Å². The van der Waals surface area contributed by atoms with E-state index in [4.69, 9.17) is 4.55 Å². The Hall–Kier alpha value is -0.750. The molecule has 0 aliphatic carbocycles. The summed E-state index contributed by atoms with van der Waals surface area (Å²) in [5.74, 6) is -1.09. The standard InChI is InChI=1S/C7H12O5S/c1-2-12-7(9)5-6(8)3-4-13(10)11/h2-5H2,1H3,(H,10,11). The lowest BCUT2D eigenvalue weighted by Gasteiger charge is -1.99. The molecule has 0 amide bonds. The first kappa shape index (κ1) is 12.2. The van der Waals surface area contributed by atoms with Gasteiger partial charge in [0.15, 0.2) is 11.1 Å². The smallest absolute Gasteiger partial charge is 0.313 e. The van der Waals surface area contributed by atoms with Crippen molar-refractivity contribution in [1.82, 2.24) is 0 Å². The Morgan fingerprint density at radius 2 is 2.08 bits per heavy atom. The van der Waals surface area contributed by atoms with Gasteiger partial charge in [-0.25, -0.2) is 4.21 Å². The van der Waals surface area contributed by atoms with Crippen molar-refractivity contribution in [3.63, 3.8) is 0 Å². The second-order valence-corrected chi connectivity index (χ2v) is 3.35. The molecule has 0 fully saturated rings. The summed E-state index contributed by atoms with van der Waals surface area (Å²) in [6, 6.07) is 0. The van der Waals surface area contributed by atoms with Crippen LogP contribution in [0.1, 0.15) is 19.8 Å². The fraction of sp³-hybridized carbons (Fsp3) is 0.714. The zero-order chi connectivity index (χ0) is 10.3. The summed E-state index contributed by atoms with van der Waals surface area (Å²) in [6.45, 7) is 1.88. The number of Topliss-reactive ketones (excluding diaryl/α,β-unsaturated/α-hetero) is 1. The third-order valence-corrected chi connectivity index (χ3v) is 1.76. The number of ketones is 1. The van der Waals surface area contributed by atoms with Crippen LogP contribution in [0.2, 0.25) is 0 Å². The summed E-state index contributed by atoms with van der Waals surface area (Å²) in [5.41, 5.74) is 0. The van der Waals surface area contributed by atoms with Gasteiger partial charge in [-0.3, -0.25) is 9.59 Å². The van der Waals surface area contributed by atoms with Gasteiger partial charge in [0.1, 0.15) is 12.2 Å². The van der Waals surface area contributed by atoms with E-state index in [1.54, 1.807) is 6.92 Å². The van der Waals surface area contributed by atoms with Crippen molar-refractivity contribution in [2.75, 3.05) is 12.4 Å². The van der Waals surface area contributed by atoms with Gasteiger partial charge >= 0.3 is 5.97 Å². The first-order valence-electron chi connectivity index (χ1n) is 3.81. The molecular weight excluding hydrogens is 196 g/mol. The minimum Gasteiger partial charge on any atom is -0.466 e. The molecule has 0 aliphatic rings. The second-order valence-electron chi connectivity index (χ2n) is 2.30. The zero-order valence-electron chi connectivity index (χ0n) is 7.32. The lowest BCUT2D eigenvalue weighted by molar-refractivity contribution is -0.145. The second kappa shape index (κ2) is 6.73. The molecule has 0 saturated carbocycles. The van der Waals surface area contributed by atoms with Crippen LogP contribution in [-0.4, -0.2) is 32.9 Å². The van der Waals surface area contributed by atoms with E-state index in [9.17, 15) is 13.8 Å². The molecule has 6 heteroatoms. The minimum absolute atomic E-state index is 0.0675. The third-order valence-electron chi connectivity index (χ3n) is 1.20. The Morgan fingerprint density at radius 3 is 2.54 bits per heavy atom. The van der Waals surface area contributed by atoms with Gasteiger partial charge in [-0.1, -0.05) is 0 Å². The maximum absolute atomic E-state index is 10.9. The van der Waals surface area contributed by atoms with Crippen LogP contribution >= 0.6 is 0 Å². The molecule has 0 bridgehead atoms. The molecule has 0 aromatic rings. The van der Waals surface area contributed by atoms with Crippen LogP contribution in [0.15, 0.2) is 0 Å². The Bertz CT molecular complexity index is 213. The number of carbonyl (C=O) groups is 2. The number of ether oxygens (including phenoxy) is 1. The molecule has 0 spiro atoms. The Balaban J connectivity index is 3.62. The third kappa shape index (κ3) is 7.61. The van der Waals surface area contributed by atoms with E-state index in [1.165, 1.54) is 0 Å². The monoisotopic (exact) mass is 208 g/mol. The molecule has 1 atom stereocenters. The molecule has 0 heterocycles. The summed E-state index contributed by atoms with van der Waals surface area (Å²) in [4.78, 5) is 21.6. The lowest BCUT2D eigenvalue weighted by Crippen LogP contribution is -2.13. The number of carbonyl (C=O) groups excluding carboxylic acids is 2. The molecule has 0 aromatic carbocycles. The van der Waals surface area contributed by atoms with Gasteiger partial charge in [0.25, 0.3) is 0 Å². The molecule has 0 rings (SSSR count). The highest BCUT2D eigenvalue weighted by molar-refractivity contribution is 7.79. The minimum atomic E-state index is -1.98. The van der Waals surface area contributed by atoms with Gasteiger partial charge in [-0.2, -0.15) is 0 Å². The van der Waals surface area contributed by atoms with Crippen LogP contribution in [0.3, 0.4) is 0 Å². The highest BCUT2D eigenvalue weighted by atomic mass is 32.2. The fourth-order valence-corrected chi connectivity index (χ4v) is 1.06. The van der Waals surface area contributed by atoms with E-state index in [0.29, 0.717) is 0 Å². The lowest BCUT2D eigenvalue weighted by atomic mass is 10.2. The maximum atomic E-state index is 10.9. The zero-order valence-corrected chi connectivity index (χ0v) is 8.13. The number of rotatable bonds is 6. The first-order chi connectivity index (χ1) is 6.06. The van der Waals surface area contributed by atoms with Crippen molar-refractivity contribution in [2.24, 2.45) is 0 Å². The predicted octanol–water partition coefficient (Wildman–Crippen LogP) is 0.120. The van der Waals surface area contributed by atoms with Gasteiger partial charge in [0, 0.05) is 6.42 Å². The van der Waals surface area contributed by atoms with Gasteiger partial charge in [0.05, 0.1) is 12.4 Å². The number of hydrogen-bond donors (Lipinski definition) is 1. The van der Waals surface area contributed by atoms with Crippen molar-refractivity contribution in [1.29, 1.82) is 0 Å². The van der Waals surface area contributed by atoms with E-state index in [-0.39, 0.29) is 31.0 Å². The number of hydrogen-bond acceptors (Lipinski definition) is 4. The first-order valence-corrected chi connectivity index (χ1v) is 5.08. The summed E-state index contributed by atoms with van der Waals surface area (Å²) in [5, 5.41) is 0. The SMILES string of the molecule is CCOC(=O)CC(=O)CCS(=O)O. The van der Waals surface area contributed by atoms with E-state index < -0.39 is 17.0 Å². The van der Waals surface area contributed by atoms with Gasteiger partial charge < -0.3 is 9.29 Å². The topological polar surface area (TPSA) is 80.7 Å². The Morgan fingerprint density at radius 1 is 1.46 bits per heavy atom. The molecule has 0 radical (unpaired) electrons. The van der Waals surface area contributed by atoms with Crippen LogP contribution in [-0.2, 0) is 25.4 Å². The Labute approximate surface area is 78.7 Å². The molecule has 13 heavy (non-hydrogen) atoms. The summed E-state index contributed by atoms with van der Waals surface area (Å²) < 4.78 is 23.0. The van der Waals surface area contributed by atoms with Crippen LogP contribution in [0.4, 0.5) is 0 Å². The molecule has 76 valence electrons. The predicted molar refractivity (Wildman–Crippen MR) is 46.5 cm³/mol. The highest BCUT2D eigenvalue weighted by Gasteiger charge is 2.10. The van der Waals surface area contributed by atoms with E-state index in [0.717, 1.165) is 0 Å². The van der Waals surface area contributed by atoms with E-state index in [2.05, 4.69) is 4.74 Å². The van der Waals surface area contributed by atoms with Crippen molar-refractivity contribution >= 4 is 22.8 Å². The largest absolute Gasteiger partial charge is 0.466 e. The van der Waals surface area contributed by atoms with Crippen LogP contribution in [0.25, 0.3) is 0 Å². The molecule has 1 unspecified atom stereocenters. The molecule has 5 nitrogen and oxygen atoms in total.